The number of carbonyl (C=O) groups is 1. The minimum absolute atomic E-state index is 0.471. The highest BCUT2D eigenvalue weighted by Crippen LogP contribution is 2.23. The molecule has 104 valence electrons. The molecular weight excluding hydrogens is 242 g/mol. The third-order valence-corrected chi connectivity index (χ3v) is 3.79. The average Bonchev–Trinajstić information content (AvgIpc) is 2.68. The van der Waals surface area contributed by atoms with Crippen molar-refractivity contribution < 1.29 is 15.0 Å². The molecule has 0 amide bonds. The van der Waals surface area contributed by atoms with Crippen molar-refractivity contribution in [1.29, 1.82) is 0 Å². The number of β-amino-alcohol motifs (C(OH)–C–C–N with tert-alkyl or cyclic N) is 1. The summed E-state index contributed by atoms with van der Waals surface area (Å²) in [7, 11) is 0. The summed E-state index contributed by atoms with van der Waals surface area (Å²) in [6, 6.07) is 7.70. The molecule has 2 rings (SSSR count). The second kappa shape index (κ2) is 5.31. The number of aliphatic hydroxyl groups is 1. The van der Waals surface area contributed by atoms with E-state index in [1.54, 1.807) is 6.92 Å². The number of aliphatic carboxylic acids is 1. The van der Waals surface area contributed by atoms with Gasteiger partial charge in [-0.15, -0.1) is 0 Å². The topological polar surface area (TPSA) is 60.8 Å². The lowest BCUT2D eigenvalue weighted by atomic mass is 10.00. The normalized spacial score (nSPS) is 25.4. The molecule has 0 radical (unpaired) electrons. The van der Waals surface area contributed by atoms with Crippen LogP contribution in [0, 0.1) is 0 Å². The Morgan fingerprint density at radius 1 is 1.42 bits per heavy atom. The van der Waals surface area contributed by atoms with Gasteiger partial charge in [0, 0.05) is 19.6 Å². The number of hydrogen-bond acceptors (Lipinski definition) is 3. The van der Waals surface area contributed by atoms with E-state index in [2.05, 4.69) is 4.90 Å². The van der Waals surface area contributed by atoms with Gasteiger partial charge in [-0.3, -0.25) is 9.69 Å². The summed E-state index contributed by atoms with van der Waals surface area (Å²) < 4.78 is 0. The molecule has 0 aliphatic carbocycles. The fourth-order valence-electron chi connectivity index (χ4n) is 2.49. The molecule has 4 nitrogen and oxygen atoms in total. The molecule has 2 atom stereocenters. The van der Waals surface area contributed by atoms with Crippen molar-refractivity contribution in [3.05, 3.63) is 35.4 Å². The first kappa shape index (κ1) is 14.0. The fraction of sp³-hybridized carbons (Fsp3) is 0.533. The Hall–Kier alpha value is -1.39. The van der Waals surface area contributed by atoms with E-state index in [1.165, 1.54) is 0 Å². The largest absolute Gasteiger partial charge is 0.481 e. The first-order valence-corrected chi connectivity index (χ1v) is 6.64. The minimum Gasteiger partial charge on any atom is -0.481 e. The number of carboxylic acids is 1. The second-order valence-electron chi connectivity index (χ2n) is 5.76. The molecule has 1 heterocycles. The molecule has 0 bridgehead atoms. The van der Waals surface area contributed by atoms with Crippen molar-refractivity contribution in [2.24, 2.45) is 0 Å². The van der Waals surface area contributed by atoms with Crippen molar-refractivity contribution in [3.8, 4) is 0 Å². The molecule has 0 saturated carbocycles. The molecule has 1 aromatic rings. The van der Waals surface area contributed by atoms with E-state index in [0.29, 0.717) is 6.54 Å². The van der Waals surface area contributed by atoms with Gasteiger partial charge in [0.05, 0.1) is 11.5 Å². The zero-order chi connectivity index (χ0) is 14.0. The molecule has 0 aromatic heterocycles. The molecular formula is C15H21NO3. The third kappa shape index (κ3) is 3.55. The highest BCUT2D eigenvalue weighted by molar-refractivity contribution is 5.75. The van der Waals surface area contributed by atoms with Gasteiger partial charge < -0.3 is 10.2 Å². The van der Waals surface area contributed by atoms with Crippen LogP contribution in [0.3, 0.4) is 0 Å². The van der Waals surface area contributed by atoms with Gasteiger partial charge in [-0.25, -0.2) is 0 Å². The Balaban J connectivity index is 1.98. The van der Waals surface area contributed by atoms with Crippen molar-refractivity contribution >= 4 is 5.97 Å². The van der Waals surface area contributed by atoms with Gasteiger partial charge in [-0.2, -0.15) is 0 Å². The predicted octanol–water partition coefficient (Wildman–Crippen LogP) is 1.83. The molecule has 2 unspecified atom stereocenters. The standard InChI is InChI=1S/C15H21NO3/c1-11(14(17)18)13-5-3-12(4-6-13)9-16-8-7-15(2,19)10-16/h3-6,11,19H,7-10H2,1-2H3,(H,17,18). The van der Waals surface area contributed by atoms with Crippen molar-refractivity contribution in [1.82, 2.24) is 4.90 Å². The average molecular weight is 263 g/mol. The zero-order valence-corrected chi connectivity index (χ0v) is 11.5. The second-order valence-corrected chi connectivity index (χ2v) is 5.76. The molecule has 19 heavy (non-hydrogen) atoms. The summed E-state index contributed by atoms with van der Waals surface area (Å²) in [5.74, 6) is -1.27. The summed E-state index contributed by atoms with van der Waals surface area (Å²) in [4.78, 5) is 13.1. The smallest absolute Gasteiger partial charge is 0.310 e. The molecule has 1 aliphatic heterocycles. The van der Waals surface area contributed by atoms with E-state index in [9.17, 15) is 9.90 Å². The van der Waals surface area contributed by atoms with E-state index in [1.807, 2.05) is 31.2 Å². The van der Waals surface area contributed by atoms with Crippen LogP contribution in [0.15, 0.2) is 24.3 Å². The molecule has 1 saturated heterocycles. The quantitative estimate of drug-likeness (QED) is 0.870. The molecule has 1 aliphatic rings. The zero-order valence-electron chi connectivity index (χ0n) is 11.5. The maximum Gasteiger partial charge on any atom is 0.310 e. The molecule has 1 fully saturated rings. The monoisotopic (exact) mass is 263 g/mol. The van der Waals surface area contributed by atoms with Crippen molar-refractivity contribution in [3.63, 3.8) is 0 Å². The van der Waals surface area contributed by atoms with Crippen LogP contribution in [0.2, 0.25) is 0 Å². The minimum atomic E-state index is -0.802. The summed E-state index contributed by atoms with van der Waals surface area (Å²) in [6.07, 6.45) is 0.807. The Bertz CT molecular complexity index is 453. The van der Waals surface area contributed by atoms with Gasteiger partial charge in [-0.05, 0) is 31.4 Å². The molecule has 1 aromatic carbocycles. The van der Waals surface area contributed by atoms with E-state index >= 15 is 0 Å². The lowest BCUT2D eigenvalue weighted by molar-refractivity contribution is -0.138. The number of likely N-dealkylation sites (tertiary alicyclic amines) is 1. The first-order chi connectivity index (χ1) is 8.87. The molecule has 0 spiro atoms. The van der Waals surface area contributed by atoms with E-state index in [0.717, 1.165) is 30.6 Å². The van der Waals surface area contributed by atoms with Crippen LogP contribution in [-0.2, 0) is 11.3 Å². The Kier molecular flexibility index (Phi) is 3.92. The summed E-state index contributed by atoms with van der Waals surface area (Å²) in [5.41, 5.74) is 1.40. The van der Waals surface area contributed by atoms with Crippen LogP contribution in [0.5, 0.6) is 0 Å². The highest BCUT2D eigenvalue weighted by Gasteiger charge is 2.30. The van der Waals surface area contributed by atoms with Crippen LogP contribution in [0.4, 0.5) is 0 Å². The van der Waals surface area contributed by atoms with E-state index in [4.69, 9.17) is 5.11 Å². The van der Waals surface area contributed by atoms with E-state index in [-0.39, 0.29) is 0 Å². The number of hydrogen-bond donors (Lipinski definition) is 2. The SMILES string of the molecule is CC(C(=O)O)c1ccc(CN2CCC(C)(O)C2)cc1. The molecule has 2 N–H and O–H groups in total. The molecule has 4 heteroatoms. The highest BCUT2D eigenvalue weighted by atomic mass is 16.4. The van der Waals surface area contributed by atoms with Gasteiger partial charge in [0.25, 0.3) is 0 Å². The summed E-state index contributed by atoms with van der Waals surface area (Å²) >= 11 is 0. The number of rotatable bonds is 4. The van der Waals surface area contributed by atoms with Gasteiger partial charge in [-0.1, -0.05) is 24.3 Å². The predicted molar refractivity (Wildman–Crippen MR) is 73.0 cm³/mol. The lowest BCUT2D eigenvalue weighted by Crippen LogP contribution is -2.29. The maximum absolute atomic E-state index is 10.9. The van der Waals surface area contributed by atoms with Crippen molar-refractivity contribution in [2.45, 2.75) is 38.3 Å². The van der Waals surface area contributed by atoms with Crippen LogP contribution in [0.1, 0.15) is 37.3 Å². The Morgan fingerprint density at radius 2 is 2.05 bits per heavy atom. The van der Waals surface area contributed by atoms with Crippen LogP contribution in [0.25, 0.3) is 0 Å². The first-order valence-electron chi connectivity index (χ1n) is 6.64. The number of nitrogens with zero attached hydrogens (tertiary/aromatic N) is 1. The van der Waals surface area contributed by atoms with Gasteiger partial charge >= 0.3 is 5.97 Å². The van der Waals surface area contributed by atoms with Crippen LogP contribution >= 0.6 is 0 Å². The van der Waals surface area contributed by atoms with E-state index < -0.39 is 17.5 Å². The van der Waals surface area contributed by atoms with Gasteiger partial charge in [0.2, 0.25) is 0 Å². The van der Waals surface area contributed by atoms with Gasteiger partial charge in [0.1, 0.15) is 0 Å². The van der Waals surface area contributed by atoms with Gasteiger partial charge in [0.15, 0.2) is 0 Å². The number of carboxylic acid groups (broad SMARTS) is 1. The fourth-order valence-corrected chi connectivity index (χ4v) is 2.49. The summed E-state index contributed by atoms with van der Waals surface area (Å²) in [5, 5.41) is 18.9. The van der Waals surface area contributed by atoms with Crippen LogP contribution < -0.4 is 0 Å². The Morgan fingerprint density at radius 3 is 2.53 bits per heavy atom. The Labute approximate surface area is 113 Å². The summed E-state index contributed by atoms with van der Waals surface area (Å²) in [6.45, 7) is 5.96. The number of benzene rings is 1. The third-order valence-electron chi connectivity index (χ3n) is 3.79. The van der Waals surface area contributed by atoms with Crippen molar-refractivity contribution in [2.75, 3.05) is 13.1 Å². The van der Waals surface area contributed by atoms with Crippen LogP contribution in [-0.4, -0.2) is 39.8 Å². The maximum atomic E-state index is 10.9. The lowest BCUT2D eigenvalue weighted by Gasteiger charge is -2.19.